The van der Waals surface area contributed by atoms with Gasteiger partial charge in [0.15, 0.2) is 0 Å². The van der Waals surface area contributed by atoms with E-state index in [1.807, 2.05) is 22.4 Å². The average molecular weight is 347 g/mol. The van der Waals surface area contributed by atoms with Gasteiger partial charge in [-0.2, -0.15) is 4.98 Å². The van der Waals surface area contributed by atoms with Crippen molar-refractivity contribution in [1.29, 1.82) is 0 Å². The van der Waals surface area contributed by atoms with Crippen LogP contribution in [-0.2, 0) is 16.0 Å². The molecule has 0 radical (unpaired) electrons. The smallest absolute Gasteiger partial charge is 0.227 e. The lowest BCUT2D eigenvalue weighted by Crippen LogP contribution is -2.54. The molecule has 1 aliphatic carbocycles. The van der Waals surface area contributed by atoms with Crippen molar-refractivity contribution in [1.82, 2.24) is 15.0 Å². The summed E-state index contributed by atoms with van der Waals surface area (Å²) in [6.07, 6.45) is 5.65. The molecule has 1 saturated heterocycles. The second kappa shape index (κ2) is 7.03. The summed E-state index contributed by atoms with van der Waals surface area (Å²) >= 11 is 1.57. The zero-order valence-electron chi connectivity index (χ0n) is 13.5. The third kappa shape index (κ3) is 3.23. The van der Waals surface area contributed by atoms with Crippen molar-refractivity contribution in [2.24, 2.45) is 0 Å². The highest BCUT2D eigenvalue weighted by molar-refractivity contribution is 7.13. The van der Waals surface area contributed by atoms with Crippen LogP contribution < -0.4 is 0 Å². The molecule has 2 fully saturated rings. The summed E-state index contributed by atoms with van der Waals surface area (Å²) in [4.78, 5) is 20.0. The number of aryl methyl sites for hydroxylation is 1. The summed E-state index contributed by atoms with van der Waals surface area (Å²) in [6.45, 7) is 1.35. The highest BCUT2D eigenvalue weighted by Crippen LogP contribution is 2.29. The summed E-state index contributed by atoms with van der Waals surface area (Å²) in [5, 5.41) is 5.97. The zero-order chi connectivity index (χ0) is 16.4. The molecule has 1 aliphatic heterocycles. The number of hydrogen-bond acceptors (Lipinski definition) is 6. The minimum atomic E-state index is 0.172. The molecule has 6 nitrogen and oxygen atoms in total. The first kappa shape index (κ1) is 15.8. The van der Waals surface area contributed by atoms with Crippen molar-refractivity contribution in [2.45, 2.75) is 50.7 Å². The standard InChI is InChI=1S/C17H21N3O3S/c21-16(20-9-10-22-13-5-2-1-4-12(13)20)8-7-15-18-17(19-23-15)14-6-3-11-24-14/h3,6,11-13H,1-2,4-5,7-10H2. The summed E-state index contributed by atoms with van der Waals surface area (Å²) in [5.74, 6) is 1.30. The highest BCUT2D eigenvalue weighted by Gasteiger charge is 2.36. The summed E-state index contributed by atoms with van der Waals surface area (Å²) < 4.78 is 11.1. The Morgan fingerprint density at radius 1 is 1.38 bits per heavy atom. The minimum absolute atomic E-state index is 0.172. The molecule has 3 heterocycles. The number of morpholine rings is 1. The first-order chi connectivity index (χ1) is 11.8. The Labute approximate surface area is 144 Å². The molecule has 0 N–H and O–H groups in total. The van der Waals surface area contributed by atoms with E-state index in [9.17, 15) is 4.79 Å². The number of thiophene rings is 1. The maximum Gasteiger partial charge on any atom is 0.227 e. The van der Waals surface area contributed by atoms with E-state index >= 15 is 0 Å². The van der Waals surface area contributed by atoms with Crippen LogP contribution >= 0.6 is 11.3 Å². The van der Waals surface area contributed by atoms with Gasteiger partial charge in [0.2, 0.25) is 17.6 Å². The van der Waals surface area contributed by atoms with Crippen LogP contribution in [-0.4, -0.2) is 46.2 Å². The Balaban J connectivity index is 1.36. The molecule has 0 bridgehead atoms. The number of rotatable bonds is 4. The lowest BCUT2D eigenvalue weighted by molar-refractivity contribution is -0.149. The van der Waals surface area contributed by atoms with Gasteiger partial charge in [-0.3, -0.25) is 4.79 Å². The van der Waals surface area contributed by atoms with Crippen molar-refractivity contribution in [3.8, 4) is 10.7 Å². The predicted molar refractivity (Wildman–Crippen MR) is 89.6 cm³/mol. The fourth-order valence-corrected chi connectivity index (χ4v) is 4.28. The number of carbonyl (C=O) groups is 1. The molecule has 2 aliphatic rings. The predicted octanol–water partition coefficient (Wildman–Crippen LogP) is 2.90. The van der Waals surface area contributed by atoms with Gasteiger partial charge in [0.25, 0.3) is 0 Å². The maximum absolute atomic E-state index is 12.6. The Bertz CT molecular complexity index is 683. The monoisotopic (exact) mass is 347 g/mol. The fourth-order valence-electron chi connectivity index (χ4n) is 3.63. The molecule has 4 rings (SSSR count). The largest absolute Gasteiger partial charge is 0.374 e. The second-order valence-corrected chi connectivity index (χ2v) is 7.28. The molecule has 0 aromatic carbocycles. The third-order valence-electron chi connectivity index (χ3n) is 4.81. The highest BCUT2D eigenvalue weighted by atomic mass is 32.1. The van der Waals surface area contributed by atoms with Gasteiger partial charge in [-0.05, 0) is 24.3 Å². The summed E-state index contributed by atoms with van der Waals surface area (Å²) in [5.41, 5.74) is 0. The molecule has 1 amide bonds. The van der Waals surface area contributed by atoms with Gasteiger partial charge in [-0.1, -0.05) is 24.1 Å². The molecular formula is C17H21N3O3S. The van der Waals surface area contributed by atoms with E-state index in [-0.39, 0.29) is 18.1 Å². The normalized spacial score (nSPS) is 23.9. The lowest BCUT2D eigenvalue weighted by Gasteiger charge is -2.43. The first-order valence-electron chi connectivity index (χ1n) is 8.59. The van der Waals surface area contributed by atoms with Crippen LogP contribution in [0.4, 0.5) is 0 Å². The van der Waals surface area contributed by atoms with E-state index in [0.717, 1.165) is 17.7 Å². The van der Waals surface area contributed by atoms with E-state index in [0.29, 0.717) is 37.7 Å². The molecule has 1 saturated carbocycles. The number of hydrogen-bond donors (Lipinski definition) is 0. The van der Waals surface area contributed by atoms with Crippen molar-refractivity contribution in [3.05, 3.63) is 23.4 Å². The lowest BCUT2D eigenvalue weighted by atomic mass is 9.90. The SMILES string of the molecule is O=C(CCc1nc(-c2cccs2)no1)N1CCOC2CCCCC21. The van der Waals surface area contributed by atoms with E-state index < -0.39 is 0 Å². The molecule has 2 aromatic rings. The summed E-state index contributed by atoms with van der Waals surface area (Å²) in [7, 11) is 0. The van der Waals surface area contributed by atoms with Crippen LogP contribution in [0.25, 0.3) is 10.7 Å². The van der Waals surface area contributed by atoms with E-state index in [1.54, 1.807) is 11.3 Å². The number of ether oxygens (including phenoxy) is 1. The topological polar surface area (TPSA) is 68.5 Å². The van der Waals surface area contributed by atoms with Crippen molar-refractivity contribution in [2.75, 3.05) is 13.2 Å². The quantitative estimate of drug-likeness (QED) is 0.851. The van der Waals surface area contributed by atoms with Crippen LogP contribution in [0.15, 0.2) is 22.0 Å². The Morgan fingerprint density at radius 2 is 2.29 bits per heavy atom. The number of carbonyl (C=O) groups excluding carboxylic acids is 1. The van der Waals surface area contributed by atoms with Crippen LogP contribution in [0.1, 0.15) is 38.0 Å². The van der Waals surface area contributed by atoms with E-state index in [4.69, 9.17) is 9.26 Å². The molecule has 2 unspecified atom stereocenters. The van der Waals surface area contributed by atoms with Gasteiger partial charge in [0, 0.05) is 19.4 Å². The zero-order valence-corrected chi connectivity index (χ0v) is 14.3. The average Bonchev–Trinajstić information content (AvgIpc) is 3.30. The van der Waals surface area contributed by atoms with Crippen molar-refractivity contribution >= 4 is 17.2 Å². The summed E-state index contributed by atoms with van der Waals surface area (Å²) in [6, 6.07) is 4.17. The van der Waals surface area contributed by atoms with Gasteiger partial charge in [0.05, 0.1) is 23.6 Å². The third-order valence-corrected chi connectivity index (χ3v) is 5.68. The Hall–Kier alpha value is -1.73. The van der Waals surface area contributed by atoms with Gasteiger partial charge >= 0.3 is 0 Å². The molecule has 128 valence electrons. The minimum Gasteiger partial charge on any atom is -0.374 e. The van der Waals surface area contributed by atoms with Gasteiger partial charge < -0.3 is 14.2 Å². The number of amides is 1. The van der Waals surface area contributed by atoms with Gasteiger partial charge in [-0.25, -0.2) is 0 Å². The molecule has 24 heavy (non-hydrogen) atoms. The second-order valence-electron chi connectivity index (χ2n) is 6.34. The van der Waals surface area contributed by atoms with Crippen LogP contribution in [0, 0.1) is 0 Å². The molecular weight excluding hydrogens is 326 g/mol. The molecule has 2 aromatic heterocycles. The van der Waals surface area contributed by atoms with Crippen molar-refractivity contribution in [3.63, 3.8) is 0 Å². The maximum atomic E-state index is 12.6. The first-order valence-corrected chi connectivity index (χ1v) is 9.47. The van der Waals surface area contributed by atoms with E-state index in [2.05, 4.69) is 10.1 Å². The van der Waals surface area contributed by atoms with Crippen molar-refractivity contribution < 1.29 is 14.1 Å². The molecule has 7 heteroatoms. The Kier molecular flexibility index (Phi) is 4.62. The van der Waals surface area contributed by atoms with E-state index in [1.165, 1.54) is 12.8 Å². The Morgan fingerprint density at radius 3 is 3.17 bits per heavy atom. The van der Waals surface area contributed by atoms with Gasteiger partial charge in [-0.15, -0.1) is 11.3 Å². The van der Waals surface area contributed by atoms with Crippen LogP contribution in [0.2, 0.25) is 0 Å². The molecule has 2 atom stereocenters. The fraction of sp³-hybridized carbons (Fsp3) is 0.588. The number of aromatic nitrogens is 2. The van der Waals surface area contributed by atoms with Crippen LogP contribution in [0.5, 0.6) is 0 Å². The molecule has 0 spiro atoms. The number of nitrogens with zero attached hydrogens (tertiary/aromatic N) is 3. The van der Waals surface area contributed by atoms with Gasteiger partial charge in [0.1, 0.15) is 0 Å². The van der Waals surface area contributed by atoms with Crippen LogP contribution in [0.3, 0.4) is 0 Å². The number of fused-ring (bicyclic) bond motifs is 1.